The van der Waals surface area contributed by atoms with Gasteiger partial charge < -0.3 is 10.6 Å². The van der Waals surface area contributed by atoms with Gasteiger partial charge in [0.25, 0.3) is 0 Å². The summed E-state index contributed by atoms with van der Waals surface area (Å²) in [4.78, 5) is 11.3. The molecule has 0 aromatic rings. The first-order chi connectivity index (χ1) is 7.26. The Labute approximate surface area is 92.0 Å². The van der Waals surface area contributed by atoms with Gasteiger partial charge in [-0.2, -0.15) is 0 Å². The van der Waals surface area contributed by atoms with E-state index >= 15 is 0 Å². The van der Waals surface area contributed by atoms with Crippen LogP contribution in [0.5, 0.6) is 0 Å². The fourth-order valence-corrected chi connectivity index (χ4v) is 1.42. The van der Waals surface area contributed by atoms with Crippen molar-refractivity contribution in [3.63, 3.8) is 0 Å². The summed E-state index contributed by atoms with van der Waals surface area (Å²) in [7, 11) is 0. The summed E-state index contributed by atoms with van der Waals surface area (Å²) in [6.07, 6.45) is 9.83. The van der Waals surface area contributed by atoms with E-state index in [0.717, 1.165) is 32.2 Å². The molecule has 0 bridgehead atoms. The van der Waals surface area contributed by atoms with Crippen LogP contribution in [0.4, 0.5) is 0 Å². The average Bonchev–Trinajstić information content (AvgIpc) is 3.00. The van der Waals surface area contributed by atoms with E-state index in [9.17, 15) is 4.79 Å². The van der Waals surface area contributed by atoms with Crippen LogP contribution in [0.2, 0.25) is 0 Å². The molecule has 0 saturated heterocycles. The smallest absolute Gasteiger partial charge is 0.221 e. The molecule has 0 spiro atoms. The van der Waals surface area contributed by atoms with Crippen molar-refractivity contribution in [3.05, 3.63) is 0 Å². The molecule has 0 aliphatic heterocycles. The highest BCUT2D eigenvalue weighted by Gasteiger charge is 2.22. The van der Waals surface area contributed by atoms with E-state index in [1.807, 2.05) is 0 Å². The fraction of sp³-hybridized carbons (Fsp3) is 0.750. The van der Waals surface area contributed by atoms with Crippen molar-refractivity contribution in [2.45, 2.75) is 51.1 Å². The first kappa shape index (κ1) is 12.1. The van der Waals surface area contributed by atoms with E-state index in [1.165, 1.54) is 0 Å². The minimum atomic E-state index is 0.153. The van der Waals surface area contributed by atoms with E-state index in [4.69, 9.17) is 6.42 Å². The van der Waals surface area contributed by atoms with E-state index in [-0.39, 0.29) is 5.91 Å². The average molecular weight is 208 g/mol. The van der Waals surface area contributed by atoms with Gasteiger partial charge in [-0.25, -0.2) is 0 Å². The van der Waals surface area contributed by atoms with Crippen molar-refractivity contribution < 1.29 is 4.79 Å². The molecule has 0 aromatic heterocycles. The predicted molar refractivity (Wildman–Crippen MR) is 61.3 cm³/mol. The second kappa shape index (κ2) is 6.47. The monoisotopic (exact) mass is 208 g/mol. The standard InChI is InChI=1S/C12H20N2O/c1-3-5-10(4-2)13-9-8-12(15)14-11-6-7-11/h1,10-11,13H,4-9H2,2H3,(H,14,15). The molecule has 1 rings (SSSR count). The first-order valence-corrected chi connectivity index (χ1v) is 5.72. The highest BCUT2D eigenvalue weighted by atomic mass is 16.1. The van der Waals surface area contributed by atoms with E-state index in [1.54, 1.807) is 0 Å². The summed E-state index contributed by atoms with van der Waals surface area (Å²) in [5, 5.41) is 6.25. The largest absolute Gasteiger partial charge is 0.353 e. The summed E-state index contributed by atoms with van der Waals surface area (Å²) in [6.45, 7) is 2.82. The maximum absolute atomic E-state index is 11.3. The Morgan fingerprint density at radius 3 is 2.87 bits per heavy atom. The Balaban J connectivity index is 2.03. The third kappa shape index (κ3) is 5.44. The minimum Gasteiger partial charge on any atom is -0.353 e. The molecule has 1 unspecified atom stereocenters. The topological polar surface area (TPSA) is 41.1 Å². The van der Waals surface area contributed by atoms with Gasteiger partial charge in [0.1, 0.15) is 0 Å². The number of terminal acetylenes is 1. The third-order valence-electron chi connectivity index (χ3n) is 2.58. The molecule has 0 aromatic carbocycles. The quantitative estimate of drug-likeness (QED) is 0.614. The van der Waals surface area contributed by atoms with Gasteiger partial charge in [-0.05, 0) is 19.3 Å². The van der Waals surface area contributed by atoms with E-state index in [0.29, 0.717) is 18.5 Å². The van der Waals surface area contributed by atoms with Crippen LogP contribution in [0.15, 0.2) is 0 Å². The Bertz CT molecular complexity index is 240. The molecule has 3 heteroatoms. The van der Waals surface area contributed by atoms with Crippen LogP contribution in [0.1, 0.15) is 39.0 Å². The summed E-state index contributed by atoms with van der Waals surface area (Å²) < 4.78 is 0. The molecule has 1 atom stereocenters. The number of nitrogens with one attached hydrogen (secondary N) is 2. The van der Waals surface area contributed by atoms with Gasteiger partial charge in [0.15, 0.2) is 0 Å². The normalized spacial score (nSPS) is 16.8. The lowest BCUT2D eigenvalue weighted by atomic mass is 10.1. The van der Waals surface area contributed by atoms with Crippen molar-refractivity contribution in [2.75, 3.05) is 6.54 Å². The molecule has 0 radical (unpaired) electrons. The predicted octanol–water partition coefficient (Wildman–Crippen LogP) is 1.05. The lowest BCUT2D eigenvalue weighted by Crippen LogP contribution is -2.33. The van der Waals surface area contributed by atoms with Gasteiger partial charge in [-0.3, -0.25) is 4.79 Å². The fourth-order valence-electron chi connectivity index (χ4n) is 1.42. The highest BCUT2D eigenvalue weighted by molar-refractivity contribution is 5.76. The number of carbonyl (C=O) groups excluding carboxylic acids is 1. The Morgan fingerprint density at radius 1 is 1.60 bits per heavy atom. The SMILES string of the molecule is C#CCC(CC)NCCC(=O)NC1CC1. The van der Waals surface area contributed by atoms with Crippen LogP contribution in [-0.4, -0.2) is 24.5 Å². The molecule has 1 amide bonds. The molecule has 3 nitrogen and oxygen atoms in total. The summed E-state index contributed by atoms with van der Waals surface area (Å²) in [5.74, 6) is 2.79. The van der Waals surface area contributed by atoms with Crippen molar-refractivity contribution >= 4 is 5.91 Å². The maximum atomic E-state index is 11.3. The Kier molecular flexibility index (Phi) is 5.20. The number of hydrogen-bond donors (Lipinski definition) is 2. The third-order valence-corrected chi connectivity index (χ3v) is 2.58. The zero-order valence-corrected chi connectivity index (χ0v) is 9.38. The van der Waals surface area contributed by atoms with Gasteiger partial charge in [0, 0.05) is 31.5 Å². The molecule has 1 aliphatic rings. The molecule has 84 valence electrons. The number of hydrogen-bond acceptors (Lipinski definition) is 2. The van der Waals surface area contributed by atoms with E-state index in [2.05, 4.69) is 23.5 Å². The summed E-state index contributed by atoms with van der Waals surface area (Å²) in [5.41, 5.74) is 0. The van der Waals surface area contributed by atoms with Crippen LogP contribution < -0.4 is 10.6 Å². The highest BCUT2D eigenvalue weighted by Crippen LogP contribution is 2.18. The first-order valence-electron chi connectivity index (χ1n) is 5.72. The van der Waals surface area contributed by atoms with Crippen LogP contribution in [0, 0.1) is 12.3 Å². The van der Waals surface area contributed by atoms with Crippen molar-refractivity contribution in [2.24, 2.45) is 0 Å². The zero-order valence-electron chi connectivity index (χ0n) is 9.38. The lowest BCUT2D eigenvalue weighted by Gasteiger charge is -2.13. The second-order valence-corrected chi connectivity index (χ2v) is 4.06. The molecule has 1 fully saturated rings. The van der Waals surface area contributed by atoms with Gasteiger partial charge in [-0.1, -0.05) is 6.92 Å². The van der Waals surface area contributed by atoms with Gasteiger partial charge in [0.2, 0.25) is 5.91 Å². The lowest BCUT2D eigenvalue weighted by molar-refractivity contribution is -0.121. The molecular formula is C12H20N2O. The van der Waals surface area contributed by atoms with Gasteiger partial charge in [-0.15, -0.1) is 12.3 Å². The maximum Gasteiger partial charge on any atom is 0.221 e. The minimum absolute atomic E-state index is 0.153. The molecular weight excluding hydrogens is 188 g/mol. The number of rotatable bonds is 7. The van der Waals surface area contributed by atoms with E-state index < -0.39 is 0 Å². The summed E-state index contributed by atoms with van der Waals surface area (Å²) >= 11 is 0. The Hall–Kier alpha value is -1.01. The molecule has 1 aliphatic carbocycles. The summed E-state index contributed by atoms with van der Waals surface area (Å²) in [6, 6.07) is 0.814. The van der Waals surface area contributed by atoms with Crippen molar-refractivity contribution in [3.8, 4) is 12.3 Å². The number of carbonyl (C=O) groups is 1. The zero-order chi connectivity index (χ0) is 11.1. The van der Waals surface area contributed by atoms with Crippen molar-refractivity contribution in [1.29, 1.82) is 0 Å². The van der Waals surface area contributed by atoms with Crippen LogP contribution in [0.3, 0.4) is 0 Å². The van der Waals surface area contributed by atoms with Crippen molar-refractivity contribution in [1.82, 2.24) is 10.6 Å². The molecule has 2 N–H and O–H groups in total. The molecule has 0 heterocycles. The van der Waals surface area contributed by atoms with Crippen LogP contribution in [0.25, 0.3) is 0 Å². The Morgan fingerprint density at radius 2 is 2.33 bits per heavy atom. The van der Waals surface area contributed by atoms with Gasteiger partial charge >= 0.3 is 0 Å². The molecule has 15 heavy (non-hydrogen) atoms. The van der Waals surface area contributed by atoms with Crippen LogP contribution >= 0.6 is 0 Å². The molecule has 1 saturated carbocycles. The van der Waals surface area contributed by atoms with Crippen LogP contribution in [-0.2, 0) is 4.79 Å². The van der Waals surface area contributed by atoms with Gasteiger partial charge in [0.05, 0.1) is 0 Å². The second-order valence-electron chi connectivity index (χ2n) is 4.06. The number of amides is 1.